The molecule has 2 N–H and O–H groups in total. The van der Waals surface area contributed by atoms with E-state index in [0.29, 0.717) is 6.42 Å². The van der Waals surface area contributed by atoms with Gasteiger partial charge in [0.15, 0.2) is 0 Å². The van der Waals surface area contributed by atoms with E-state index in [1.54, 1.807) is 18.2 Å². The maximum absolute atomic E-state index is 12.9. The first-order valence-corrected chi connectivity index (χ1v) is 13.9. The van der Waals surface area contributed by atoms with Gasteiger partial charge in [0.25, 0.3) is 11.8 Å². The normalized spacial score (nSPS) is 17.4. The highest BCUT2D eigenvalue weighted by atomic mass is 16.6. The van der Waals surface area contributed by atoms with E-state index in [1.807, 2.05) is 20.8 Å². The third kappa shape index (κ3) is 8.39. The Hall–Kier alpha value is -3.23. The number of imide groups is 2. The van der Waals surface area contributed by atoms with E-state index in [4.69, 9.17) is 4.74 Å². The summed E-state index contributed by atoms with van der Waals surface area (Å²) < 4.78 is 5.32. The lowest BCUT2D eigenvalue weighted by molar-refractivity contribution is -0.155. The SMILES string of the molecule is CC(C)(C)OC(=O)CCCCCCCCCCCNc1ccc2c(c1)C(=O)N(C1CCC(=O)NC1=O)C2=O. The van der Waals surface area contributed by atoms with Crippen LogP contribution in [0.5, 0.6) is 0 Å². The predicted molar refractivity (Wildman–Crippen MR) is 144 cm³/mol. The molecule has 4 amide bonds. The number of rotatable bonds is 14. The highest BCUT2D eigenvalue weighted by Crippen LogP contribution is 2.29. The van der Waals surface area contributed by atoms with Crippen LogP contribution in [0, 0.1) is 0 Å². The number of nitrogens with one attached hydrogen (secondary N) is 2. The Morgan fingerprint density at radius 3 is 2.16 bits per heavy atom. The molecule has 1 unspecified atom stereocenters. The molecule has 2 aliphatic heterocycles. The average molecular weight is 528 g/mol. The molecule has 0 radical (unpaired) electrons. The summed E-state index contributed by atoms with van der Waals surface area (Å²) in [5.74, 6) is -2.09. The Morgan fingerprint density at radius 2 is 1.53 bits per heavy atom. The molecule has 9 nitrogen and oxygen atoms in total. The molecule has 0 spiro atoms. The molecule has 1 aromatic rings. The van der Waals surface area contributed by atoms with Gasteiger partial charge < -0.3 is 10.1 Å². The number of piperidine rings is 1. The molecule has 208 valence electrons. The van der Waals surface area contributed by atoms with Crippen molar-refractivity contribution < 1.29 is 28.7 Å². The lowest BCUT2D eigenvalue weighted by atomic mass is 10.0. The van der Waals surface area contributed by atoms with Crippen molar-refractivity contribution in [1.82, 2.24) is 10.2 Å². The number of esters is 1. The summed E-state index contributed by atoms with van der Waals surface area (Å²) >= 11 is 0. The maximum Gasteiger partial charge on any atom is 0.306 e. The average Bonchev–Trinajstić information content (AvgIpc) is 3.08. The predicted octanol–water partition coefficient (Wildman–Crippen LogP) is 4.74. The number of ether oxygens (including phenoxy) is 1. The van der Waals surface area contributed by atoms with Gasteiger partial charge >= 0.3 is 5.97 Å². The fourth-order valence-corrected chi connectivity index (χ4v) is 4.84. The van der Waals surface area contributed by atoms with Gasteiger partial charge in [-0.2, -0.15) is 0 Å². The largest absolute Gasteiger partial charge is 0.460 e. The fourth-order valence-electron chi connectivity index (χ4n) is 4.84. The highest BCUT2D eigenvalue weighted by molar-refractivity contribution is 6.23. The second-order valence-corrected chi connectivity index (χ2v) is 11.2. The van der Waals surface area contributed by atoms with Crippen molar-refractivity contribution in [1.29, 1.82) is 0 Å². The Balaban J connectivity index is 1.27. The number of hydrogen-bond donors (Lipinski definition) is 2. The summed E-state index contributed by atoms with van der Waals surface area (Å²) in [6.45, 7) is 6.43. The third-order valence-electron chi connectivity index (χ3n) is 6.75. The van der Waals surface area contributed by atoms with Gasteiger partial charge in [0.2, 0.25) is 11.8 Å². The number of amides is 4. The van der Waals surface area contributed by atoms with E-state index in [2.05, 4.69) is 10.6 Å². The molecule has 0 aliphatic carbocycles. The molecular formula is C29H41N3O6. The summed E-state index contributed by atoms with van der Waals surface area (Å²) in [7, 11) is 0. The molecule has 1 atom stereocenters. The van der Waals surface area contributed by atoms with Gasteiger partial charge in [-0.05, 0) is 58.2 Å². The molecular weight excluding hydrogens is 486 g/mol. The van der Waals surface area contributed by atoms with Crippen molar-refractivity contribution in [2.45, 2.75) is 109 Å². The van der Waals surface area contributed by atoms with Gasteiger partial charge in [0.1, 0.15) is 11.6 Å². The molecule has 2 heterocycles. The Labute approximate surface area is 225 Å². The molecule has 9 heteroatoms. The van der Waals surface area contributed by atoms with Crippen molar-refractivity contribution in [2.24, 2.45) is 0 Å². The number of hydrogen-bond acceptors (Lipinski definition) is 7. The zero-order valence-corrected chi connectivity index (χ0v) is 22.9. The Bertz CT molecular complexity index is 1050. The molecule has 2 aliphatic rings. The van der Waals surface area contributed by atoms with Crippen LogP contribution in [0.4, 0.5) is 5.69 Å². The van der Waals surface area contributed by atoms with Crippen LogP contribution in [0.25, 0.3) is 0 Å². The quantitative estimate of drug-likeness (QED) is 0.204. The van der Waals surface area contributed by atoms with Gasteiger partial charge in [-0.3, -0.25) is 34.2 Å². The smallest absolute Gasteiger partial charge is 0.306 e. The van der Waals surface area contributed by atoms with Crippen LogP contribution in [0.2, 0.25) is 0 Å². The second kappa shape index (κ2) is 13.5. The number of carbonyl (C=O) groups excluding carboxylic acids is 5. The van der Waals surface area contributed by atoms with Gasteiger partial charge in [0, 0.05) is 25.1 Å². The monoisotopic (exact) mass is 527 g/mol. The first-order chi connectivity index (χ1) is 18.1. The molecule has 38 heavy (non-hydrogen) atoms. The molecule has 0 saturated carbocycles. The van der Waals surface area contributed by atoms with Crippen molar-refractivity contribution in [3.05, 3.63) is 29.3 Å². The van der Waals surface area contributed by atoms with Crippen molar-refractivity contribution >= 4 is 35.3 Å². The highest BCUT2D eigenvalue weighted by Gasteiger charge is 2.44. The molecule has 1 fully saturated rings. The lowest BCUT2D eigenvalue weighted by Crippen LogP contribution is -2.54. The number of fused-ring (bicyclic) bond motifs is 1. The Kier molecular flexibility index (Phi) is 10.4. The standard InChI is InChI=1S/C29H41N3O6/c1-29(2,3)38-25(34)13-11-9-7-5-4-6-8-10-12-18-30-20-14-15-21-22(19-20)28(37)32(27(21)36)23-16-17-24(33)31-26(23)35/h14-15,19,23,30H,4-13,16-18H2,1-3H3,(H,31,33,35). The molecule has 0 aromatic heterocycles. The van der Waals surface area contributed by atoms with Gasteiger partial charge in [0.05, 0.1) is 11.1 Å². The molecule has 1 saturated heterocycles. The minimum atomic E-state index is -0.950. The van der Waals surface area contributed by atoms with Crippen LogP contribution in [0.3, 0.4) is 0 Å². The topological polar surface area (TPSA) is 122 Å². The van der Waals surface area contributed by atoms with Crippen molar-refractivity contribution in [2.75, 3.05) is 11.9 Å². The van der Waals surface area contributed by atoms with Crippen LogP contribution in [0.15, 0.2) is 18.2 Å². The van der Waals surface area contributed by atoms with Gasteiger partial charge in [-0.25, -0.2) is 0 Å². The zero-order valence-electron chi connectivity index (χ0n) is 22.9. The van der Waals surface area contributed by atoms with Gasteiger partial charge in [-0.15, -0.1) is 0 Å². The minimum absolute atomic E-state index is 0.104. The minimum Gasteiger partial charge on any atom is -0.460 e. The second-order valence-electron chi connectivity index (χ2n) is 11.2. The van der Waals surface area contributed by atoms with E-state index >= 15 is 0 Å². The van der Waals surface area contributed by atoms with E-state index in [-0.39, 0.29) is 35.8 Å². The van der Waals surface area contributed by atoms with E-state index in [1.165, 1.54) is 19.3 Å². The summed E-state index contributed by atoms with van der Waals surface area (Å²) in [4.78, 5) is 62.0. The number of unbranched alkanes of at least 4 members (excludes halogenated alkanes) is 8. The van der Waals surface area contributed by atoms with Crippen molar-refractivity contribution in [3.63, 3.8) is 0 Å². The first-order valence-electron chi connectivity index (χ1n) is 13.9. The summed E-state index contributed by atoms with van der Waals surface area (Å²) in [5, 5.41) is 5.53. The third-order valence-corrected chi connectivity index (χ3v) is 6.75. The van der Waals surface area contributed by atoms with E-state index in [0.717, 1.165) is 55.7 Å². The molecule has 0 bridgehead atoms. The number of nitrogens with zero attached hydrogens (tertiary/aromatic N) is 1. The molecule has 3 rings (SSSR count). The van der Waals surface area contributed by atoms with E-state index in [9.17, 15) is 24.0 Å². The maximum atomic E-state index is 12.9. The number of anilines is 1. The summed E-state index contributed by atoms with van der Waals surface area (Å²) in [6, 6.07) is 4.12. The van der Waals surface area contributed by atoms with Crippen LogP contribution in [-0.2, 0) is 19.1 Å². The fraction of sp³-hybridized carbons (Fsp3) is 0.621. The van der Waals surface area contributed by atoms with Crippen LogP contribution < -0.4 is 10.6 Å². The lowest BCUT2D eigenvalue weighted by Gasteiger charge is -2.27. The van der Waals surface area contributed by atoms with E-state index < -0.39 is 29.4 Å². The van der Waals surface area contributed by atoms with Gasteiger partial charge in [-0.1, -0.05) is 44.9 Å². The first kappa shape index (κ1) is 29.3. The van der Waals surface area contributed by atoms with Crippen LogP contribution in [0.1, 0.15) is 119 Å². The zero-order chi connectivity index (χ0) is 27.7. The number of benzene rings is 1. The summed E-state index contributed by atoms with van der Waals surface area (Å²) in [6.07, 6.45) is 10.7. The number of carbonyl (C=O) groups is 5. The molecule has 1 aromatic carbocycles. The Morgan fingerprint density at radius 1 is 0.921 bits per heavy atom. The van der Waals surface area contributed by atoms with Crippen LogP contribution in [-0.4, -0.2) is 52.7 Å². The summed E-state index contributed by atoms with van der Waals surface area (Å²) in [5.41, 5.74) is 0.932. The van der Waals surface area contributed by atoms with Crippen LogP contribution >= 0.6 is 0 Å². The van der Waals surface area contributed by atoms with Crippen molar-refractivity contribution in [3.8, 4) is 0 Å².